The molecule has 7 nitrogen and oxygen atoms in total. The van der Waals surface area contributed by atoms with Crippen molar-refractivity contribution in [2.45, 2.75) is 32.2 Å². The molecule has 1 fully saturated rings. The molecule has 1 aliphatic rings. The van der Waals surface area contributed by atoms with Crippen LogP contribution in [0.2, 0.25) is 0 Å². The summed E-state index contributed by atoms with van der Waals surface area (Å²) in [6, 6.07) is 9.07. The highest BCUT2D eigenvalue weighted by atomic mass is 16.5. The Morgan fingerprint density at radius 3 is 2.88 bits per heavy atom. The Balaban J connectivity index is 1.58. The van der Waals surface area contributed by atoms with Gasteiger partial charge in [-0.2, -0.15) is 4.98 Å². The number of amides is 2. The van der Waals surface area contributed by atoms with E-state index in [2.05, 4.69) is 15.5 Å². The van der Waals surface area contributed by atoms with E-state index < -0.39 is 6.04 Å². The molecule has 0 aliphatic carbocycles. The van der Waals surface area contributed by atoms with Gasteiger partial charge in [-0.3, -0.25) is 9.59 Å². The van der Waals surface area contributed by atoms with E-state index in [1.54, 1.807) is 11.8 Å². The van der Waals surface area contributed by atoms with E-state index >= 15 is 0 Å². The van der Waals surface area contributed by atoms with Crippen molar-refractivity contribution in [1.29, 1.82) is 0 Å². The first kappa shape index (κ1) is 16.2. The third-order valence-corrected chi connectivity index (χ3v) is 3.98. The van der Waals surface area contributed by atoms with Gasteiger partial charge in [0.1, 0.15) is 6.04 Å². The Morgan fingerprint density at radius 2 is 2.12 bits per heavy atom. The van der Waals surface area contributed by atoms with E-state index in [1.807, 2.05) is 30.3 Å². The van der Waals surface area contributed by atoms with Gasteiger partial charge in [-0.1, -0.05) is 35.5 Å². The largest absolute Gasteiger partial charge is 0.343 e. The van der Waals surface area contributed by atoms with E-state index in [0.29, 0.717) is 24.7 Å². The second kappa shape index (κ2) is 7.25. The van der Waals surface area contributed by atoms with Crippen molar-refractivity contribution in [2.75, 3.05) is 13.1 Å². The molecule has 1 aromatic carbocycles. The van der Waals surface area contributed by atoms with Crippen molar-refractivity contribution in [3.8, 4) is 11.4 Å². The highest BCUT2D eigenvalue weighted by Gasteiger charge is 2.22. The standard InChI is InChI=1S/C17H20N4O3/c1-12(18-14(22)11-21-10-6-5-9-15(21)23)17-19-16(20-24-17)13-7-3-2-4-8-13/h2-4,7-8,12H,5-6,9-11H2,1H3,(H,18,22). The molecule has 1 aliphatic heterocycles. The number of piperidine rings is 1. The number of nitrogens with one attached hydrogen (secondary N) is 1. The van der Waals surface area contributed by atoms with Crippen LogP contribution in [-0.2, 0) is 9.59 Å². The van der Waals surface area contributed by atoms with Gasteiger partial charge in [-0.05, 0) is 19.8 Å². The van der Waals surface area contributed by atoms with Crippen molar-refractivity contribution in [3.05, 3.63) is 36.2 Å². The Labute approximate surface area is 140 Å². The zero-order chi connectivity index (χ0) is 16.9. The van der Waals surface area contributed by atoms with Crippen LogP contribution in [0, 0.1) is 0 Å². The lowest BCUT2D eigenvalue weighted by Gasteiger charge is -2.26. The van der Waals surface area contributed by atoms with Crippen molar-refractivity contribution in [1.82, 2.24) is 20.4 Å². The molecule has 2 heterocycles. The summed E-state index contributed by atoms with van der Waals surface area (Å²) in [4.78, 5) is 29.8. The molecule has 1 unspecified atom stereocenters. The van der Waals surface area contributed by atoms with E-state index in [9.17, 15) is 9.59 Å². The lowest BCUT2D eigenvalue weighted by Crippen LogP contribution is -2.43. The summed E-state index contributed by atoms with van der Waals surface area (Å²) in [5.74, 6) is 0.635. The van der Waals surface area contributed by atoms with Crippen LogP contribution in [-0.4, -0.2) is 39.9 Å². The molecule has 1 aromatic heterocycles. The first-order chi connectivity index (χ1) is 11.6. The van der Waals surface area contributed by atoms with Gasteiger partial charge in [-0.25, -0.2) is 0 Å². The highest BCUT2D eigenvalue weighted by Crippen LogP contribution is 2.18. The lowest BCUT2D eigenvalue weighted by atomic mass is 10.1. The predicted octanol–water partition coefficient (Wildman–Crippen LogP) is 1.93. The number of nitrogens with zero attached hydrogens (tertiary/aromatic N) is 3. The number of rotatable bonds is 5. The average Bonchev–Trinajstić information content (AvgIpc) is 3.08. The molecular weight excluding hydrogens is 308 g/mol. The molecule has 0 spiro atoms. The molecule has 1 N–H and O–H groups in total. The Hall–Kier alpha value is -2.70. The molecule has 7 heteroatoms. The van der Waals surface area contributed by atoms with Gasteiger partial charge in [0.2, 0.25) is 23.5 Å². The second-order valence-electron chi connectivity index (χ2n) is 5.88. The second-order valence-corrected chi connectivity index (χ2v) is 5.88. The number of aromatic nitrogens is 2. The lowest BCUT2D eigenvalue weighted by molar-refractivity contribution is -0.138. The summed E-state index contributed by atoms with van der Waals surface area (Å²) in [5.41, 5.74) is 0.852. The van der Waals surface area contributed by atoms with Gasteiger partial charge in [0, 0.05) is 18.5 Å². The van der Waals surface area contributed by atoms with Gasteiger partial charge < -0.3 is 14.7 Å². The van der Waals surface area contributed by atoms with Crippen molar-refractivity contribution < 1.29 is 14.1 Å². The molecule has 0 radical (unpaired) electrons. The topological polar surface area (TPSA) is 88.3 Å². The summed E-state index contributed by atoms with van der Waals surface area (Å²) >= 11 is 0. The maximum atomic E-state index is 12.1. The Bertz CT molecular complexity index is 714. The fraction of sp³-hybridized carbons (Fsp3) is 0.412. The molecule has 0 bridgehead atoms. The summed E-state index contributed by atoms with van der Waals surface area (Å²) in [6.45, 7) is 2.49. The molecule has 0 saturated carbocycles. The van der Waals surface area contributed by atoms with Crippen LogP contribution in [0.1, 0.15) is 38.1 Å². The van der Waals surface area contributed by atoms with E-state index in [-0.39, 0.29) is 18.4 Å². The van der Waals surface area contributed by atoms with E-state index in [4.69, 9.17) is 4.52 Å². The van der Waals surface area contributed by atoms with E-state index in [0.717, 1.165) is 18.4 Å². The molecule has 24 heavy (non-hydrogen) atoms. The van der Waals surface area contributed by atoms with Gasteiger partial charge in [0.25, 0.3) is 0 Å². The van der Waals surface area contributed by atoms with Gasteiger partial charge in [0.15, 0.2) is 0 Å². The SMILES string of the molecule is CC(NC(=O)CN1CCCCC1=O)c1nc(-c2ccccc2)no1. The maximum absolute atomic E-state index is 12.1. The minimum Gasteiger partial charge on any atom is -0.343 e. The minimum absolute atomic E-state index is 0.0354. The zero-order valence-electron chi connectivity index (χ0n) is 13.6. The highest BCUT2D eigenvalue weighted by molar-refractivity contribution is 5.85. The van der Waals surface area contributed by atoms with Crippen LogP contribution in [0.15, 0.2) is 34.9 Å². The van der Waals surface area contributed by atoms with E-state index in [1.165, 1.54) is 0 Å². The smallest absolute Gasteiger partial charge is 0.249 e. The number of carbonyl (C=O) groups is 2. The molecule has 2 amide bonds. The average molecular weight is 328 g/mol. The molecule has 3 rings (SSSR count). The maximum Gasteiger partial charge on any atom is 0.249 e. The van der Waals surface area contributed by atoms with Crippen LogP contribution in [0.25, 0.3) is 11.4 Å². The minimum atomic E-state index is -0.414. The quantitative estimate of drug-likeness (QED) is 0.906. The number of benzene rings is 1. The monoisotopic (exact) mass is 328 g/mol. The van der Waals surface area contributed by atoms with Crippen LogP contribution >= 0.6 is 0 Å². The summed E-state index contributed by atoms with van der Waals surface area (Å²) < 4.78 is 5.24. The fourth-order valence-electron chi connectivity index (χ4n) is 2.67. The summed E-state index contributed by atoms with van der Waals surface area (Å²) in [5, 5.41) is 6.74. The fourth-order valence-corrected chi connectivity index (χ4v) is 2.67. The van der Waals surface area contributed by atoms with Gasteiger partial charge in [-0.15, -0.1) is 0 Å². The first-order valence-corrected chi connectivity index (χ1v) is 8.09. The van der Waals surface area contributed by atoms with Crippen LogP contribution in [0.5, 0.6) is 0 Å². The number of likely N-dealkylation sites (tertiary alicyclic amines) is 1. The Kier molecular flexibility index (Phi) is 4.88. The zero-order valence-corrected chi connectivity index (χ0v) is 13.6. The first-order valence-electron chi connectivity index (χ1n) is 8.09. The van der Waals surface area contributed by atoms with Crippen molar-refractivity contribution in [2.24, 2.45) is 0 Å². The van der Waals surface area contributed by atoms with Crippen LogP contribution < -0.4 is 5.32 Å². The number of hydrogen-bond donors (Lipinski definition) is 1. The predicted molar refractivity (Wildman–Crippen MR) is 86.7 cm³/mol. The van der Waals surface area contributed by atoms with Crippen LogP contribution in [0.3, 0.4) is 0 Å². The van der Waals surface area contributed by atoms with Crippen molar-refractivity contribution >= 4 is 11.8 Å². The third-order valence-electron chi connectivity index (χ3n) is 3.98. The number of hydrogen-bond acceptors (Lipinski definition) is 5. The van der Waals surface area contributed by atoms with Crippen LogP contribution in [0.4, 0.5) is 0 Å². The molecule has 1 saturated heterocycles. The summed E-state index contributed by atoms with van der Waals surface area (Å²) in [7, 11) is 0. The number of carbonyl (C=O) groups excluding carboxylic acids is 2. The summed E-state index contributed by atoms with van der Waals surface area (Å²) in [6.07, 6.45) is 2.36. The molecule has 126 valence electrons. The van der Waals surface area contributed by atoms with Gasteiger partial charge in [0.05, 0.1) is 6.54 Å². The molecule has 1 atom stereocenters. The third kappa shape index (κ3) is 3.79. The van der Waals surface area contributed by atoms with Crippen molar-refractivity contribution in [3.63, 3.8) is 0 Å². The molecular formula is C17H20N4O3. The Morgan fingerprint density at radius 1 is 1.33 bits per heavy atom. The normalized spacial score (nSPS) is 16.0. The van der Waals surface area contributed by atoms with Gasteiger partial charge >= 0.3 is 0 Å². The molecule has 2 aromatic rings.